The Morgan fingerprint density at radius 2 is 1.82 bits per heavy atom. The Labute approximate surface area is 204 Å². The number of nitrogens with zero attached hydrogens (tertiary/aromatic N) is 5. The first-order valence-corrected chi connectivity index (χ1v) is 12.3. The van der Waals surface area contributed by atoms with Gasteiger partial charge in [0.25, 0.3) is 0 Å². The van der Waals surface area contributed by atoms with Gasteiger partial charge in [-0.1, -0.05) is 29.8 Å². The van der Waals surface area contributed by atoms with Gasteiger partial charge in [0, 0.05) is 23.6 Å². The lowest BCUT2D eigenvalue weighted by Crippen LogP contribution is -2.28. The van der Waals surface area contributed by atoms with Gasteiger partial charge in [0.05, 0.1) is 17.8 Å². The molecular weight excluding hydrogens is 444 g/mol. The Bertz CT molecular complexity index is 1320. The predicted octanol–water partition coefficient (Wildman–Crippen LogP) is 5.19. The van der Waals surface area contributed by atoms with Gasteiger partial charge in [-0.25, -0.2) is 15.0 Å². The lowest BCUT2D eigenvalue weighted by Gasteiger charge is -2.23. The van der Waals surface area contributed by atoms with Crippen LogP contribution in [0.25, 0.3) is 22.6 Å². The number of aromatic nitrogens is 4. The van der Waals surface area contributed by atoms with Crippen LogP contribution in [0, 0.1) is 17.2 Å². The van der Waals surface area contributed by atoms with Crippen LogP contribution in [0.4, 0.5) is 0 Å². The second kappa shape index (κ2) is 10.3. The van der Waals surface area contributed by atoms with Gasteiger partial charge in [0.1, 0.15) is 17.2 Å². The zero-order valence-corrected chi connectivity index (χ0v) is 19.8. The molecule has 0 radical (unpaired) electrons. The quantitative estimate of drug-likeness (QED) is 0.402. The van der Waals surface area contributed by atoms with Crippen molar-refractivity contribution in [2.75, 3.05) is 13.1 Å². The standard InChI is InChI=1S/C27H27ClN6/c28-23-4-2-1-3-21(23)9-10-25-31-18-24-27(33-25)34(16-13-19-11-14-30-15-12-19)26(32-24)22-7-5-20(17-29)6-8-22/h1-8,18-19,30H,9-16H2. The summed E-state index contributed by atoms with van der Waals surface area (Å²) < 4.78 is 2.24. The highest BCUT2D eigenvalue weighted by Gasteiger charge is 2.18. The summed E-state index contributed by atoms with van der Waals surface area (Å²) >= 11 is 6.34. The smallest absolute Gasteiger partial charge is 0.164 e. The lowest BCUT2D eigenvalue weighted by atomic mass is 9.95. The van der Waals surface area contributed by atoms with Crippen LogP contribution in [0.2, 0.25) is 5.02 Å². The van der Waals surface area contributed by atoms with Crippen molar-refractivity contribution in [2.24, 2.45) is 5.92 Å². The summed E-state index contributed by atoms with van der Waals surface area (Å²) in [7, 11) is 0. The molecule has 1 saturated heterocycles. The average Bonchev–Trinajstić information content (AvgIpc) is 3.25. The highest BCUT2D eigenvalue weighted by Crippen LogP contribution is 2.27. The van der Waals surface area contributed by atoms with Crippen LogP contribution in [0.1, 0.15) is 36.2 Å². The van der Waals surface area contributed by atoms with Gasteiger partial charge in [-0.15, -0.1) is 0 Å². The van der Waals surface area contributed by atoms with Crippen molar-refractivity contribution in [2.45, 2.75) is 38.6 Å². The van der Waals surface area contributed by atoms with Gasteiger partial charge in [0.15, 0.2) is 5.65 Å². The Kier molecular flexibility index (Phi) is 6.84. The topological polar surface area (TPSA) is 79.4 Å². The van der Waals surface area contributed by atoms with E-state index in [9.17, 15) is 5.26 Å². The molecule has 2 aromatic heterocycles. The molecule has 0 saturated carbocycles. The van der Waals surface area contributed by atoms with Gasteiger partial charge in [-0.05, 0) is 80.6 Å². The Balaban J connectivity index is 1.46. The first-order valence-electron chi connectivity index (χ1n) is 11.9. The fraction of sp³-hybridized carbons (Fsp3) is 0.333. The number of aryl methyl sites for hydroxylation is 3. The first kappa shape index (κ1) is 22.5. The van der Waals surface area contributed by atoms with Crippen molar-refractivity contribution in [3.8, 4) is 17.5 Å². The largest absolute Gasteiger partial charge is 0.317 e. The summed E-state index contributed by atoms with van der Waals surface area (Å²) in [6, 6.07) is 17.7. The molecule has 34 heavy (non-hydrogen) atoms. The van der Waals surface area contributed by atoms with E-state index in [-0.39, 0.29) is 0 Å². The molecule has 4 aromatic rings. The molecule has 1 N–H and O–H groups in total. The Morgan fingerprint density at radius 1 is 1.03 bits per heavy atom. The number of hydrogen-bond donors (Lipinski definition) is 1. The van der Waals surface area contributed by atoms with Gasteiger partial charge < -0.3 is 9.88 Å². The minimum atomic E-state index is 0.641. The molecule has 3 heterocycles. The number of fused-ring (bicyclic) bond motifs is 1. The Hall–Kier alpha value is -3.27. The number of piperidine rings is 1. The highest BCUT2D eigenvalue weighted by molar-refractivity contribution is 6.31. The van der Waals surface area contributed by atoms with Crippen molar-refractivity contribution in [3.63, 3.8) is 0 Å². The number of halogens is 1. The van der Waals surface area contributed by atoms with Crippen LogP contribution in [0.3, 0.4) is 0 Å². The van der Waals surface area contributed by atoms with E-state index in [0.717, 1.165) is 71.4 Å². The predicted molar refractivity (Wildman–Crippen MR) is 135 cm³/mol. The van der Waals surface area contributed by atoms with E-state index in [2.05, 4.69) is 20.9 Å². The molecular formula is C27H27ClN6. The van der Waals surface area contributed by atoms with Crippen LogP contribution in [0.15, 0.2) is 54.7 Å². The van der Waals surface area contributed by atoms with E-state index in [1.165, 1.54) is 12.8 Å². The van der Waals surface area contributed by atoms with Crippen molar-refractivity contribution < 1.29 is 0 Å². The maximum absolute atomic E-state index is 9.17. The van der Waals surface area contributed by atoms with E-state index >= 15 is 0 Å². The number of imidazole rings is 1. The summed E-state index contributed by atoms with van der Waals surface area (Å²) in [4.78, 5) is 14.4. The second-order valence-electron chi connectivity index (χ2n) is 8.84. The molecule has 0 aliphatic carbocycles. The number of nitrogens with one attached hydrogen (secondary N) is 1. The summed E-state index contributed by atoms with van der Waals surface area (Å²) in [6.07, 6.45) is 6.84. The lowest BCUT2D eigenvalue weighted by molar-refractivity contribution is 0.339. The maximum Gasteiger partial charge on any atom is 0.164 e. The van der Waals surface area contributed by atoms with Crippen LogP contribution in [-0.4, -0.2) is 32.6 Å². The second-order valence-corrected chi connectivity index (χ2v) is 9.25. The summed E-state index contributed by atoms with van der Waals surface area (Å²) in [5, 5.41) is 13.4. The normalized spacial score (nSPS) is 14.4. The fourth-order valence-electron chi connectivity index (χ4n) is 4.63. The summed E-state index contributed by atoms with van der Waals surface area (Å²) in [6.45, 7) is 3.04. The van der Waals surface area contributed by atoms with E-state index in [4.69, 9.17) is 21.6 Å². The molecule has 6 nitrogen and oxygen atoms in total. The maximum atomic E-state index is 9.17. The highest BCUT2D eigenvalue weighted by atomic mass is 35.5. The zero-order valence-electron chi connectivity index (χ0n) is 19.0. The molecule has 0 spiro atoms. The fourth-order valence-corrected chi connectivity index (χ4v) is 4.86. The number of rotatable bonds is 7. The minimum Gasteiger partial charge on any atom is -0.317 e. The summed E-state index contributed by atoms with van der Waals surface area (Å²) in [5.41, 5.74) is 4.40. The molecule has 5 rings (SSSR count). The van der Waals surface area contributed by atoms with Gasteiger partial charge >= 0.3 is 0 Å². The monoisotopic (exact) mass is 470 g/mol. The molecule has 0 bridgehead atoms. The van der Waals surface area contributed by atoms with Crippen LogP contribution >= 0.6 is 11.6 Å². The SMILES string of the molecule is N#Cc1ccc(-c2nc3cnc(CCc4ccccc4Cl)nc3n2CCC2CCNCC2)cc1. The third-order valence-electron chi connectivity index (χ3n) is 6.61. The molecule has 1 fully saturated rings. The molecule has 0 atom stereocenters. The van der Waals surface area contributed by atoms with Crippen molar-refractivity contribution >= 4 is 22.8 Å². The number of benzene rings is 2. The van der Waals surface area contributed by atoms with Crippen molar-refractivity contribution in [1.82, 2.24) is 24.8 Å². The average molecular weight is 471 g/mol. The van der Waals surface area contributed by atoms with Crippen molar-refractivity contribution in [3.05, 3.63) is 76.7 Å². The molecule has 2 aromatic carbocycles. The van der Waals surface area contributed by atoms with E-state index < -0.39 is 0 Å². The molecule has 1 aliphatic heterocycles. The zero-order chi connectivity index (χ0) is 23.3. The van der Waals surface area contributed by atoms with Crippen LogP contribution in [0.5, 0.6) is 0 Å². The third kappa shape index (κ3) is 4.96. The molecule has 7 heteroatoms. The first-order chi connectivity index (χ1) is 16.7. The van der Waals surface area contributed by atoms with Gasteiger partial charge in [-0.3, -0.25) is 0 Å². The number of hydrogen-bond acceptors (Lipinski definition) is 5. The van der Waals surface area contributed by atoms with Crippen LogP contribution in [-0.2, 0) is 19.4 Å². The van der Waals surface area contributed by atoms with Crippen molar-refractivity contribution in [1.29, 1.82) is 5.26 Å². The minimum absolute atomic E-state index is 0.641. The third-order valence-corrected chi connectivity index (χ3v) is 6.97. The van der Waals surface area contributed by atoms with Gasteiger partial charge in [-0.2, -0.15) is 5.26 Å². The summed E-state index contributed by atoms with van der Waals surface area (Å²) in [5.74, 6) is 2.38. The van der Waals surface area contributed by atoms with Gasteiger partial charge in [0.2, 0.25) is 0 Å². The van der Waals surface area contributed by atoms with Crippen LogP contribution < -0.4 is 5.32 Å². The number of nitriles is 1. The molecule has 1 aliphatic rings. The molecule has 0 unspecified atom stereocenters. The van der Waals surface area contributed by atoms with E-state index in [1.54, 1.807) is 0 Å². The molecule has 0 amide bonds. The van der Waals surface area contributed by atoms with E-state index in [1.807, 2.05) is 54.7 Å². The Morgan fingerprint density at radius 3 is 2.59 bits per heavy atom. The van der Waals surface area contributed by atoms with E-state index in [0.29, 0.717) is 17.9 Å². The molecule has 172 valence electrons.